The van der Waals surface area contributed by atoms with Gasteiger partial charge in [0.15, 0.2) is 0 Å². The smallest absolute Gasteiger partial charge is 0.243 e. The second-order valence-electron chi connectivity index (χ2n) is 7.91. The molecule has 3 fully saturated rings. The second-order valence-corrected chi connectivity index (χ2v) is 9.85. The van der Waals surface area contributed by atoms with Crippen LogP contribution in [0.25, 0.3) is 0 Å². The molecule has 6 heteroatoms. The summed E-state index contributed by atoms with van der Waals surface area (Å²) in [6.45, 7) is 5.26. The van der Waals surface area contributed by atoms with Crippen LogP contribution in [-0.2, 0) is 10.0 Å². The molecule has 1 unspecified atom stereocenters. The Labute approximate surface area is 144 Å². The quantitative estimate of drug-likeness (QED) is 0.873. The minimum absolute atomic E-state index is 0.0479. The van der Waals surface area contributed by atoms with E-state index in [4.69, 9.17) is 0 Å². The van der Waals surface area contributed by atoms with E-state index in [0.29, 0.717) is 18.0 Å². The van der Waals surface area contributed by atoms with Crippen LogP contribution >= 0.6 is 0 Å². The summed E-state index contributed by atoms with van der Waals surface area (Å²) < 4.78 is 27.2. The standard InChI is InChI=1S/C18H26N2O3S/c1-14-2-6-17(7-3-14)24(22,23)20-12-18(13-20)8-16(11-21)10-19(18)9-15-4-5-15/h2-3,6-7,15-16,21H,4-5,8-13H2,1H3. The van der Waals surface area contributed by atoms with Gasteiger partial charge in [-0.3, -0.25) is 4.90 Å². The fourth-order valence-corrected chi connectivity index (χ4v) is 5.81. The molecule has 1 aromatic rings. The minimum atomic E-state index is -3.40. The van der Waals surface area contributed by atoms with Crippen molar-refractivity contribution in [3.05, 3.63) is 29.8 Å². The number of hydrogen-bond acceptors (Lipinski definition) is 4. The van der Waals surface area contributed by atoms with Gasteiger partial charge in [-0.2, -0.15) is 4.31 Å². The van der Waals surface area contributed by atoms with Crippen molar-refractivity contribution in [2.45, 2.75) is 36.6 Å². The molecule has 24 heavy (non-hydrogen) atoms. The summed E-state index contributed by atoms with van der Waals surface area (Å²) >= 11 is 0. The largest absolute Gasteiger partial charge is 0.396 e. The molecule has 0 aromatic heterocycles. The van der Waals surface area contributed by atoms with E-state index >= 15 is 0 Å². The number of nitrogens with zero attached hydrogens (tertiary/aromatic N) is 2. The van der Waals surface area contributed by atoms with Crippen LogP contribution in [0.15, 0.2) is 29.2 Å². The Morgan fingerprint density at radius 1 is 1.17 bits per heavy atom. The van der Waals surface area contributed by atoms with E-state index in [0.717, 1.165) is 31.0 Å². The van der Waals surface area contributed by atoms with Gasteiger partial charge >= 0.3 is 0 Å². The lowest BCUT2D eigenvalue weighted by Crippen LogP contribution is -2.69. The van der Waals surface area contributed by atoms with Crippen molar-refractivity contribution in [1.82, 2.24) is 9.21 Å². The highest BCUT2D eigenvalue weighted by Gasteiger charge is 2.56. The predicted molar refractivity (Wildman–Crippen MR) is 92.2 cm³/mol. The number of sulfonamides is 1. The first-order valence-corrected chi connectivity index (χ1v) is 10.3. The Morgan fingerprint density at radius 3 is 2.42 bits per heavy atom. The molecular formula is C18H26N2O3S. The van der Waals surface area contributed by atoms with Crippen LogP contribution in [0, 0.1) is 18.8 Å². The van der Waals surface area contributed by atoms with Crippen LogP contribution in [0.2, 0.25) is 0 Å². The molecule has 2 aliphatic heterocycles. The van der Waals surface area contributed by atoms with Crippen LogP contribution in [0.5, 0.6) is 0 Å². The zero-order valence-electron chi connectivity index (χ0n) is 14.2. The molecule has 1 saturated carbocycles. The van der Waals surface area contributed by atoms with Crippen molar-refractivity contribution in [2.24, 2.45) is 11.8 Å². The summed E-state index contributed by atoms with van der Waals surface area (Å²) in [5.74, 6) is 1.06. The average Bonchev–Trinajstić information content (AvgIpc) is 3.24. The molecule has 1 aromatic carbocycles. The molecule has 1 aliphatic carbocycles. The summed E-state index contributed by atoms with van der Waals surface area (Å²) in [6, 6.07) is 7.09. The van der Waals surface area contributed by atoms with E-state index in [1.54, 1.807) is 16.4 Å². The number of benzene rings is 1. The number of aliphatic hydroxyl groups is 1. The summed E-state index contributed by atoms with van der Waals surface area (Å²) in [6.07, 6.45) is 3.50. The van der Waals surface area contributed by atoms with Gasteiger partial charge in [0, 0.05) is 38.3 Å². The molecule has 0 amide bonds. The molecule has 1 atom stereocenters. The number of hydrogen-bond donors (Lipinski definition) is 1. The topological polar surface area (TPSA) is 60.9 Å². The zero-order valence-corrected chi connectivity index (χ0v) is 15.0. The number of rotatable bonds is 5. The van der Waals surface area contributed by atoms with E-state index in [2.05, 4.69) is 4.90 Å². The number of likely N-dealkylation sites (tertiary alicyclic amines) is 1. The Hall–Kier alpha value is -0.950. The number of aliphatic hydroxyl groups excluding tert-OH is 1. The van der Waals surface area contributed by atoms with Gasteiger partial charge in [-0.15, -0.1) is 0 Å². The lowest BCUT2D eigenvalue weighted by molar-refractivity contribution is 0.0168. The molecule has 132 valence electrons. The van der Waals surface area contributed by atoms with Crippen molar-refractivity contribution >= 4 is 10.0 Å². The highest BCUT2D eigenvalue weighted by atomic mass is 32.2. The molecule has 1 spiro atoms. The predicted octanol–water partition coefficient (Wildman–Crippen LogP) is 1.46. The van der Waals surface area contributed by atoms with E-state index in [1.165, 1.54) is 12.8 Å². The third kappa shape index (κ3) is 2.79. The van der Waals surface area contributed by atoms with E-state index < -0.39 is 10.0 Å². The molecule has 0 bridgehead atoms. The molecular weight excluding hydrogens is 324 g/mol. The van der Waals surface area contributed by atoms with E-state index in [-0.39, 0.29) is 18.1 Å². The van der Waals surface area contributed by atoms with Crippen LogP contribution in [-0.4, -0.2) is 61.1 Å². The Kier molecular flexibility index (Phi) is 3.99. The van der Waals surface area contributed by atoms with Crippen molar-refractivity contribution in [2.75, 3.05) is 32.8 Å². The van der Waals surface area contributed by atoms with Crippen LogP contribution in [0.4, 0.5) is 0 Å². The highest BCUT2D eigenvalue weighted by Crippen LogP contribution is 2.44. The van der Waals surface area contributed by atoms with Gasteiger partial charge in [-0.1, -0.05) is 17.7 Å². The van der Waals surface area contributed by atoms with Gasteiger partial charge in [0.05, 0.1) is 4.90 Å². The maximum atomic E-state index is 12.8. The third-order valence-corrected chi connectivity index (χ3v) is 7.66. The summed E-state index contributed by atoms with van der Waals surface area (Å²) in [4.78, 5) is 2.85. The molecule has 2 saturated heterocycles. The van der Waals surface area contributed by atoms with Gasteiger partial charge in [0.1, 0.15) is 0 Å². The molecule has 3 aliphatic rings. The molecule has 0 radical (unpaired) electrons. The second kappa shape index (κ2) is 5.80. The van der Waals surface area contributed by atoms with Crippen molar-refractivity contribution in [3.63, 3.8) is 0 Å². The fraction of sp³-hybridized carbons (Fsp3) is 0.667. The van der Waals surface area contributed by atoms with Crippen LogP contribution in [0.3, 0.4) is 0 Å². The van der Waals surface area contributed by atoms with Gasteiger partial charge in [-0.25, -0.2) is 8.42 Å². The number of aryl methyl sites for hydroxylation is 1. The minimum Gasteiger partial charge on any atom is -0.396 e. The van der Waals surface area contributed by atoms with Crippen molar-refractivity contribution < 1.29 is 13.5 Å². The van der Waals surface area contributed by atoms with E-state index in [1.807, 2.05) is 19.1 Å². The molecule has 4 rings (SSSR count). The zero-order chi connectivity index (χ0) is 16.9. The normalized spacial score (nSPS) is 27.5. The summed E-state index contributed by atoms with van der Waals surface area (Å²) in [5, 5.41) is 9.56. The molecule has 1 N–H and O–H groups in total. The van der Waals surface area contributed by atoms with Gasteiger partial charge in [0.2, 0.25) is 10.0 Å². The maximum absolute atomic E-state index is 12.8. The molecule has 2 heterocycles. The first-order valence-electron chi connectivity index (χ1n) is 8.86. The highest BCUT2D eigenvalue weighted by molar-refractivity contribution is 7.89. The van der Waals surface area contributed by atoms with Gasteiger partial charge < -0.3 is 5.11 Å². The van der Waals surface area contributed by atoms with Crippen LogP contribution < -0.4 is 0 Å². The van der Waals surface area contributed by atoms with E-state index in [9.17, 15) is 13.5 Å². The first-order chi connectivity index (χ1) is 11.4. The van der Waals surface area contributed by atoms with Crippen molar-refractivity contribution in [3.8, 4) is 0 Å². The maximum Gasteiger partial charge on any atom is 0.243 e. The fourth-order valence-electron chi connectivity index (χ4n) is 4.21. The van der Waals surface area contributed by atoms with Crippen LogP contribution in [0.1, 0.15) is 24.8 Å². The molecule has 5 nitrogen and oxygen atoms in total. The lowest BCUT2D eigenvalue weighted by Gasteiger charge is -2.52. The van der Waals surface area contributed by atoms with Crippen molar-refractivity contribution in [1.29, 1.82) is 0 Å². The monoisotopic (exact) mass is 350 g/mol. The Balaban J connectivity index is 1.50. The Morgan fingerprint density at radius 2 is 1.83 bits per heavy atom. The third-order valence-electron chi connectivity index (χ3n) is 5.85. The van der Waals surface area contributed by atoms with Gasteiger partial charge in [0.25, 0.3) is 0 Å². The average molecular weight is 350 g/mol. The Bertz CT molecular complexity index is 706. The lowest BCUT2D eigenvalue weighted by atomic mass is 9.86. The summed E-state index contributed by atoms with van der Waals surface area (Å²) in [5.41, 5.74) is 1.01. The van der Waals surface area contributed by atoms with Gasteiger partial charge in [-0.05, 0) is 50.2 Å². The summed E-state index contributed by atoms with van der Waals surface area (Å²) in [7, 11) is -3.40. The first kappa shape index (κ1) is 16.5. The SMILES string of the molecule is Cc1ccc(S(=O)(=O)N2CC3(CC(CO)CN3CC3CC3)C2)cc1.